The molecule has 4 heteroatoms. The summed E-state index contributed by atoms with van der Waals surface area (Å²) in [4.78, 5) is 16.9. The van der Waals surface area contributed by atoms with E-state index in [1.165, 1.54) is 0 Å². The van der Waals surface area contributed by atoms with Crippen LogP contribution in [0.25, 0.3) is 0 Å². The van der Waals surface area contributed by atoms with Gasteiger partial charge < -0.3 is 9.64 Å². The van der Waals surface area contributed by atoms with Crippen LogP contribution >= 0.6 is 0 Å². The molecule has 0 aromatic heterocycles. The molecule has 0 heterocycles. The molecule has 0 aliphatic carbocycles. The van der Waals surface area contributed by atoms with Gasteiger partial charge in [0.05, 0.1) is 13.7 Å². The average Bonchev–Trinajstić information content (AvgIpc) is 2.64. The fourth-order valence-electron chi connectivity index (χ4n) is 2.98. The van der Waals surface area contributed by atoms with Crippen molar-refractivity contribution in [3.05, 3.63) is 72.3 Å². The quantitative estimate of drug-likeness (QED) is 0.639. The van der Waals surface area contributed by atoms with Crippen molar-refractivity contribution in [2.45, 2.75) is 20.4 Å². The molecule has 0 unspecified atom stereocenters. The maximum atomic E-state index is 12.9. The van der Waals surface area contributed by atoms with E-state index in [0.717, 1.165) is 22.6 Å². The number of amides is 1. The number of carbonyl (C=O) groups excluding carboxylic acids is 1. The topological polar surface area (TPSA) is 32.8 Å². The van der Waals surface area contributed by atoms with Crippen molar-refractivity contribution in [3.63, 3.8) is 0 Å². The van der Waals surface area contributed by atoms with Gasteiger partial charge in [0.25, 0.3) is 0 Å². The van der Waals surface area contributed by atoms with E-state index >= 15 is 0 Å². The van der Waals surface area contributed by atoms with E-state index in [1.807, 2.05) is 73.4 Å². The number of nitrogens with zero attached hydrogens (tertiary/aromatic N) is 2. The second-order valence-corrected chi connectivity index (χ2v) is 6.23. The number of para-hydroxylation sites is 1. The largest absolute Gasteiger partial charge is 0.497 e. The highest BCUT2D eigenvalue weighted by atomic mass is 16.5. The minimum atomic E-state index is 0.0946. The van der Waals surface area contributed by atoms with E-state index in [2.05, 4.69) is 11.5 Å². The van der Waals surface area contributed by atoms with Crippen LogP contribution in [0.2, 0.25) is 0 Å². The van der Waals surface area contributed by atoms with Crippen molar-refractivity contribution in [2.75, 3.05) is 31.6 Å². The van der Waals surface area contributed by atoms with Crippen molar-refractivity contribution in [1.82, 2.24) is 4.90 Å². The van der Waals surface area contributed by atoms with Crippen LogP contribution in [-0.2, 0) is 11.3 Å². The molecule has 2 aromatic rings. The van der Waals surface area contributed by atoms with Crippen LogP contribution < -0.4 is 9.64 Å². The van der Waals surface area contributed by atoms with Gasteiger partial charge in [-0.3, -0.25) is 9.69 Å². The summed E-state index contributed by atoms with van der Waals surface area (Å²) in [5.74, 6) is 0.925. The van der Waals surface area contributed by atoms with Crippen LogP contribution in [0.15, 0.2) is 61.2 Å². The summed E-state index contributed by atoms with van der Waals surface area (Å²) in [6.45, 7) is 10.2. The highest BCUT2D eigenvalue weighted by molar-refractivity contribution is 5.95. The maximum Gasteiger partial charge on any atom is 0.241 e. The summed E-state index contributed by atoms with van der Waals surface area (Å²) >= 11 is 0. The van der Waals surface area contributed by atoms with E-state index in [4.69, 9.17) is 4.74 Å². The summed E-state index contributed by atoms with van der Waals surface area (Å²) in [7, 11) is 1.66. The van der Waals surface area contributed by atoms with Gasteiger partial charge in [-0.25, -0.2) is 0 Å². The van der Waals surface area contributed by atoms with Crippen LogP contribution in [0.5, 0.6) is 5.75 Å². The fourth-order valence-corrected chi connectivity index (χ4v) is 2.98. The standard InChI is InChI=1S/C22H28N2O2/c1-5-15-23(16-19-11-13-20(26-4)14-12-19)17-22(25)24(6-2)21-10-8-7-9-18(21)3/h5,7-14H,1,6,15-17H2,2-4H3. The zero-order valence-corrected chi connectivity index (χ0v) is 15.9. The van der Waals surface area contributed by atoms with Crippen LogP contribution in [0.3, 0.4) is 0 Å². The zero-order chi connectivity index (χ0) is 18.9. The van der Waals surface area contributed by atoms with Gasteiger partial charge in [-0.05, 0) is 43.2 Å². The highest BCUT2D eigenvalue weighted by Gasteiger charge is 2.18. The van der Waals surface area contributed by atoms with E-state index in [-0.39, 0.29) is 5.91 Å². The Kier molecular flexibility index (Phi) is 7.42. The number of likely N-dealkylation sites (N-methyl/N-ethyl adjacent to an activating group) is 1. The average molecular weight is 352 g/mol. The van der Waals surface area contributed by atoms with Gasteiger partial charge in [0, 0.05) is 25.3 Å². The lowest BCUT2D eigenvalue weighted by Gasteiger charge is -2.27. The number of hydrogen-bond donors (Lipinski definition) is 0. The lowest BCUT2D eigenvalue weighted by atomic mass is 10.1. The van der Waals surface area contributed by atoms with Crippen molar-refractivity contribution < 1.29 is 9.53 Å². The Labute approximate surface area is 156 Å². The van der Waals surface area contributed by atoms with Crippen LogP contribution in [0, 0.1) is 6.92 Å². The van der Waals surface area contributed by atoms with Crippen LogP contribution in [-0.4, -0.2) is 37.6 Å². The van der Waals surface area contributed by atoms with Gasteiger partial charge in [0.1, 0.15) is 5.75 Å². The monoisotopic (exact) mass is 352 g/mol. The lowest BCUT2D eigenvalue weighted by Crippen LogP contribution is -2.40. The third-order valence-electron chi connectivity index (χ3n) is 4.33. The molecule has 0 atom stereocenters. The molecule has 2 aromatic carbocycles. The molecule has 2 rings (SSSR count). The summed E-state index contributed by atoms with van der Waals surface area (Å²) < 4.78 is 5.20. The summed E-state index contributed by atoms with van der Waals surface area (Å²) in [6.07, 6.45) is 1.83. The SMILES string of the molecule is C=CCN(CC(=O)N(CC)c1ccccc1C)Cc1ccc(OC)cc1. The Morgan fingerprint density at radius 1 is 1.15 bits per heavy atom. The second kappa shape index (κ2) is 9.78. The number of benzene rings is 2. The Hall–Kier alpha value is -2.59. The third-order valence-corrected chi connectivity index (χ3v) is 4.33. The first kappa shape index (κ1) is 19.7. The van der Waals surface area contributed by atoms with Gasteiger partial charge in [0.2, 0.25) is 5.91 Å². The smallest absolute Gasteiger partial charge is 0.241 e. The number of anilines is 1. The predicted octanol–water partition coefficient (Wildman–Crippen LogP) is 4.04. The fraction of sp³-hybridized carbons (Fsp3) is 0.318. The van der Waals surface area contributed by atoms with Crippen molar-refractivity contribution >= 4 is 11.6 Å². The van der Waals surface area contributed by atoms with Gasteiger partial charge in [-0.15, -0.1) is 6.58 Å². The molecule has 0 saturated heterocycles. The number of rotatable bonds is 9. The summed E-state index contributed by atoms with van der Waals surface area (Å²) in [5.41, 5.74) is 3.22. The number of aryl methyl sites for hydroxylation is 1. The van der Waals surface area contributed by atoms with Gasteiger partial charge in [-0.2, -0.15) is 0 Å². The zero-order valence-electron chi connectivity index (χ0n) is 15.9. The number of methoxy groups -OCH3 is 1. The molecule has 0 fully saturated rings. The first-order chi connectivity index (χ1) is 12.6. The minimum Gasteiger partial charge on any atom is -0.497 e. The van der Waals surface area contributed by atoms with E-state index < -0.39 is 0 Å². The molecular weight excluding hydrogens is 324 g/mol. The van der Waals surface area contributed by atoms with E-state index in [9.17, 15) is 4.79 Å². The van der Waals surface area contributed by atoms with Gasteiger partial charge in [0.15, 0.2) is 0 Å². The molecule has 26 heavy (non-hydrogen) atoms. The molecule has 4 nitrogen and oxygen atoms in total. The first-order valence-electron chi connectivity index (χ1n) is 8.91. The maximum absolute atomic E-state index is 12.9. The molecular formula is C22H28N2O2. The molecule has 138 valence electrons. The molecule has 1 amide bonds. The molecule has 0 aliphatic heterocycles. The second-order valence-electron chi connectivity index (χ2n) is 6.23. The molecule has 0 saturated carbocycles. The number of carbonyl (C=O) groups is 1. The molecule has 0 bridgehead atoms. The van der Waals surface area contributed by atoms with Crippen molar-refractivity contribution in [3.8, 4) is 5.75 Å². The summed E-state index contributed by atoms with van der Waals surface area (Å²) in [5, 5.41) is 0. The van der Waals surface area contributed by atoms with E-state index in [0.29, 0.717) is 26.2 Å². The Bertz CT molecular complexity index is 725. The lowest BCUT2D eigenvalue weighted by molar-refractivity contribution is -0.119. The van der Waals surface area contributed by atoms with Crippen molar-refractivity contribution in [1.29, 1.82) is 0 Å². The molecule has 0 radical (unpaired) electrons. The van der Waals surface area contributed by atoms with Crippen molar-refractivity contribution in [2.24, 2.45) is 0 Å². The van der Waals surface area contributed by atoms with Gasteiger partial charge >= 0.3 is 0 Å². The molecule has 0 N–H and O–H groups in total. The molecule has 0 spiro atoms. The third kappa shape index (κ3) is 5.20. The molecule has 0 aliphatic rings. The minimum absolute atomic E-state index is 0.0946. The van der Waals surface area contributed by atoms with Crippen LogP contribution in [0.4, 0.5) is 5.69 Å². The first-order valence-corrected chi connectivity index (χ1v) is 8.91. The highest BCUT2D eigenvalue weighted by Crippen LogP contribution is 2.20. The Balaban J connectivity index is 2.10. The Morgan fingerprint density at radius 2 is 1.85 bits per heavy atom. The normalized spacial score (nSPS) is 10.6. The predicted molar refractivity (Wildman–Crippen MR) is 108 cm³/mol. The Morgan fingerprint density at radius 3 is 2.42 bits per heavy atom. The number of ether oxygens (including phenoxy) is 1. The summed E-state index contributed by atoms with van der Waals surface area (Å²) in [6, 6.07) is 15.9. The van der Waals surface area contributed by atoms with E-state index in [1.54, 1.807) is 7.11 Å². The van der Waals surface area contributed by atoms with Gasteiger partial charge in [-0.1, -0.05) is 36.4 Å². The number of hydrogen-bond acceptors (Lipinski definition) is 3. The van der Waals surface area contributed by atoms with Crippen LogP contribution in [0.1, 0.15) is 18.1 Å².